The Morgan fingerprint density at radius 3 is 2.94 bits per heavy atom. The van der Waals surface area contributed by atoms with Gasteiger partial charge < -0.3 is 10.1 Å². The summed E-state index contributed by atoms with van der Waals surface area (Å²) in [5.41, 5.74) is 1.92. The van der Waals surface area contributed by atoms with Crippen molar-refractivity contribution in [3.05, 3.63) is 18.0 Å². The Hall–Kier alpha value is -1.62. The van der Waals surface area contributed by atoms with Gasteiger partial charge in [0.25, 0.3) is 0 Å². The summed E-state index contributed by atoms with van der Waals surface area (Å²) >= 11 is 0. The van der Waals surface area contributed by atoms with Crippen LogP contribution >= 0.6 is 0 Å². The lowest BCUT2D eigenvalue weighted by Gasteiger charge is -2.21. The third-order valence-corrected chi connectivity index (χ3v) is 3.40. The monoisotopic (exact) mass is 232 g/mol. The number of rotatable bonds is 2. The van der Waals surface area contributed by atoms with Crippen LogP contribution in [-0.2, 0) is 0 Å². The molecule has 1 fully saturated rings. The molecular weight excluding hydrogens is 216 g/mol. The minimum absolute atomic E-state index is 0.503. The van der Waals surface area contributed by atoms with Crippen LogP contribution in [0.1, 0.15) is 24.5 Å². The van der Waals surface area contributed by atoms with E-state index < -0.39 is 0 Å². The summed E-state index contributed by atoms with van der Waals surface area (Å²) < 4.78 is 5.40. The first-order valence-corrected chi connectivity index (χ1v) is 5.98. The highest BCUT2D eigenvalue weighted by Gasteiger charge is 2.22. The van der Waals surface area contributed by atoms with Gasteiger partial charge in [-0.3, -0.25) is 5.10 Å². The van der Waals surface area contributed by atoms with Gasteiger partial charge in [-0.05, 0) is 32.0 Å². The lowest BCUT2D eigenvalue weighted by Crippen LogP contribution is -2.26. The van der Waals surface area contributed by atoms with E-state index in [9.17, 15) is 0 Å². The number of piperidine rings is 1. The van der Waals surface area contributed by atoms with Gasteiger partial charge >= 0.3 is 0 Å². The fraction of sp³-hybridized carbons (Fsp3) is 0.500. The van der Waals surface area contributed by atoms with E-state index >= 15 is 0 Å². The second kappa shape index (κ2) is 4.33. The predicted octanol–water partition coefficient (Wildman–Crippen LogP) is 1.43. The molecule has 1 aliphatic rings. The van der Waals surface area contributed by atoms with E-state index in [0.29, 0.717) is 5.92 Å². The van der Waals surface area contributed by atoms with Crippen molar-refractivity contribution in [1.82, 2.24) is 20.5 Å². The van der Waals surface area contributed by atoms with Gasteiger partial charge in [0.15, 0.2) is 5.65 Å². The van der Waals surface area contributed by atoms with Crippen LogP contribution in [0, 0.1) is 0 Å². The zero-order valence-corrected chi connectivity index (χ0v) is 9.86. The molecule has 3 heterocycles. The number of hydrogen-bond donors (Lipinski definition) is 2. The SMILES string of the molecule is COc1ccnc2[nH]nc(C3CCNCC3)c12. The number of hydrogen-bond acceptors (Lipinski definition) is 4. The van der Waals surface area contributed by atoms with Gasteiger partial charge in [0.1, 0.15) is 5.75 Å². The molecule has 1 aliphatic heterocycles. The molecule has 5 heteroatoms. The Balaban J connectivity index is 2.09. The van der Waals surface area contributed by atoms with E-state index in [1.54, 1.807) is 13.3 Å². The first kappa shape index (κ1) is 10.5. The topological polar surface area (TPSA) is 62.8 Å². The van der Waals surface area contributed by atoms with Crippen molar-refractivity contribution in [1.29, 1.82) is 0 Å². The van der Waals surface area contributed by atoms with Crippen molar-refractivity contribution >= 4 is 11.0 Å². The van der Waals surface area contributed by atoms with Crippen molar-refractivity contribution in [2.24, 2.45) is 0 Å². The maximum atomic E-state index is 5.40. The highest BCUT2D eigenvalue weighted by Crippen LogP contribution is 2.33. The molecule has 2 N–H and O–H groups in total. The summed E-state index contributed by atoms with van der Waals surface area (Å²) in [5, 5.41) is 11.8. The Kier molecular flexibility index (Phi) is 2.68. The third-order valence-electron chi connectivity index (χ3n) is 3.40. The van der Waals surface area contributed by atoms with E-state index in [4.69, 9.17) is 4.74 Å². The molecule has 3 rings (SSSR count). The van der Waals surface area contributed by atoms with E-state index in [-0.39, 0.29) is 0 Å². The lowest BCUT2D eigenvalue weighted by molar-refractivity contribution is 0.417. The standard InChI is InChI=1S/C12H16N4O/c1-17-9-4-7-14-12-10(9)11(15-16-12)8-2-5-13-6-3-8/h4,7-8,13H,2-3,5-6H2,1H3,(H,14,15,16). The van der Waals surface area contributed by atoms with Gasteiger partial charge in [0, 0.05) is 12.1 Å². The molecule has 0 saturated carbocycles. The van der Waals surface area contributed by atoms with Gasteiger partial charge in [0.05, 0.1) is 18.2 Å². The van der Waals surface area contributed by atoms with Gasteiger partial charge in [-0.2, -0.15) is 5.10 Å². The van der Waals surface area contributed by atoms with Crippen molar-refractivity contribution in [3.8, 4) is 5.75 Å². The number of aromatic nitrogens is 3. The maximum Gasteiger partial charge on any atom is 0.159 e. The second-order valence-corrected chi connectivity index (χ2v) is 4.37. The van der Waals surface area contributed by atoms with Crippen LogP contribution in [0.25, 0.3) is 11.0 Å². The second-order valence-electron chi connectivity index (χ2n) is 4.37. The first-order valence-electron chi connectivity index (χ1n) is 5.98. The smallest absolute Gasteiger partial charge is 0.159 e. The number of nitrogens with zero attached hydrogens (tertiary/aromatic N) is 2. The summed E-state index contributed by atoms with van der Waals surface area (Å²) in [6, 6.07) is 1.89. The molecule has 0 aromatic carbocycles. The fourth-order valence-corrected chi connectivity index (χ4v) is 2.51. The molecule has 0 atom stereocenters. The quantitative estimate of drug-likeness (QED) is 0.822. The number of methoxy groups -OCH3 is 1. The minimum atomic E-state index is 0.503. The van der Waals surface area contributed by atoms with Crippen molar-refractivity contribution < 1.29 is 4.74 Å². The van der Waals surface area contributed by atoms with Gasteiger partial charge in [-0.1, -0.05) is 0 Å². The minimum Gasteiger partial charge on any atom is -0.496 e. The third kappa shape index (κ3) is 1.76. The van der Waals surface area contributed by atoms with Crippen molar-refractivity contribution in [2.75, 3.05) is 20.2 Å². The fourth-order valence-electron chi connectivity index (χ4n) is 2.51. The average molecular weight is 232 g/mol. The predicted molar refractivity (Wildman–Crippen MR) is 65.3 cm³/mol. The van der Waals surface area contributed by atoms with E-state index in [0.717, 1.165) is 48.4 Å². The number of H-pyrrole nitrogens is 1. The van der Waals surface area contributed by atoms with Crippen molar-refractivity contribution in [3.63, 3.8) is 0 Å². The van der Waals surface area contributed by atoms with E-state index in [2.05, 4.69) is 20.5 Å². The Labute approximate surface area is 99.6 Å². The van der Waals surface area contributed by atoms with Gasteiger partial charge in [-0.25, -0.2) is 4.98 Å². The zero-order valence-electron chi connectivity index (χ0n) is 9.86. The molecule has 0 unspecified atom stereocenters. The molecule has 2 aromatic rings. The van der Waals surface area contributed by atoms with Gasteiger partial charge in [-0.15, -0.1) is 0 Å². The summed E-state index contributed by atoms with van der Waals surface area (Å²) in [5.74, 6) is 1.36. The molecule has 5 nitrogen and oxygen atoms in total. The number of pyridine rings is 1. The molecule has 0 spiro atoms. The van der Waals surface area contributed by atoms with Crippen molar-refractivity contribution in [2.45, 2.75) is 18.8 Å². The molecule has 90 valence electrons. The van der Waals surface area contributed by atoms with Crippen LogP contribution in [0.15, 0.2) is 12.3 Å². The number of aromatic amines is 1. The van der Waals surface area contributed by atoms with E-state index in [1.165, 1.54) is 0 Å². The lowest BCUT2D eigenvalue weighted by atomic mass is 9.93. The zero-order chi connectivity index (χ0) is 11.7. The Morgan fingerprint density at radius 1 is 1.35 bits per heavy atom. The maximum absolute atomic E-state index is 5.40. The molecule has 1 saturated heterocycles. The first-order chi connectivity index (χ1) is 8.40. The highest BCUT2D eigenvalue weighted by molar-refractivity contribution is 5.85. The number of ether oxygens (including phenoxy) is 1. The van der Waals surface area contributed by atoms with E-state index in [1.807, 2.05) is 6.07 Å². The number of fused-ring (bicyclic) bond motifs is 1. The van der Waals surface area contributed by atoms with Crippen LogP contribution in [0.3, 0.4) is 0 Å². The molecule has 17 heavy (non-hydrogen) atoms. The highest BCUT2D eigenvalue weighted by atomic mass is 16.5. The molecule has 0 aliphatic carbocycles. The van der Waals surface area contributed by atoms with Gasteiger partial charge in [0.2, 0.25) is 0 Å². The summed E-state index contributed by atoms with van der Waals surface area (Å²) in [7, 11) is 1.69. The summed E-state index contributed by atoms with van der Waals surface area (Å²) in [6.45, 7) is 2.11. The van der Waals surface area contributed by atoms with Crippen LogP contribution < -0.4 is 10.1 Å². The Bertz CT molecular complexity index is 516. The molecule has 0 radical (unpaired) electrons. The van der Waals surface area contributed by atoms with Crippen LogP contribution in [0.4, 0.5) is 0 Å². The van der Waals surface area contributed by atoms with Crippen LogP contribution in [-0.4, -0.2) is 35.4 Å². The average Bonchev–Trinajstić information content (AvgIpc) is 2.83. The summed E-state index contributed by atoms with van der Waals surface area (Å²) in [6.07, 6.45) is 3.99. The molecular formula is C12H16N4O. The summed E-state index contributed by atoms with van der Waals surface area (Å²) in [4.78, 5) is 4.29. The largest absolute Gasteiger partial charge is 0.496 e. The molecule has 2 aromatic heterocycles. The van der Waals surface area contributed by atoms with Crippen LogP contribution in [0.2, 0.25) is 0 Å². The van der Waals surface area contributed by atoms with Crippen LogP contribution in [0.5, 0.6) is 5.75 Å². The molecule has 0 amide bonds. The Morgan fingerprint density at radius 2 is 2.18 bits per heavy atom. The normalized spacial score (nSPS) is 17.5. The molecule has 0 bridgehead atoms. The number of nitrogens with one attached hydrogen (secondary N) is 2.